The van der Waals surface area contributed by atoms with Crippen molar-refractivity contribution in [1.29, 1.82) is 0 Å². The Morgan fingerprint density at radius 2 is 2.20 bits per heavy atom. The molecule has 86 valence electrons. The van der Waals surface area contributed by atoms with E-state index in [0.717, 1.165) is 6.42 Å². The molecule has 15 heavy (non-hydrogen) atoms. The summed E-state index contributed by atoms with van der Waals surface area (Å²) < 4.78 is 10.5. The molecule has 0 bridgehead atoms. The minimum atomic E-state index is -0.905. The van der Waals surface area contributed by atoms with Gasteiger partial charge in [-0.1, -0.05) is 13.8 Å². The molecule has 0 aromatic carbocycles. The molecule has 0 amide bonds. The monoisotopic (exact) mass is 214 g/mol. The molecule has 4 heteroatoms. The summed E-state index contributed by atoms with van der Waals surface area (Å²) in [7, 11) is 1.54. The predicted molar refractivity (Wildman–Crippen MR) is 55.2 cm³/mol. The molecule has 0 aromatic rings. The highest BCUT2D eigenvalue weighted by molar-refractivity contribution is 5.88. The molecule has 0 saturated heterocycles. The highest BCUT2D eigenvalue weighted by Crippen LogP contribution is 2.35. The Hall–Kier alpha value is -1.03. The Morgan fingerprint density at radius 1 is 1.60 bits per heavy atom. The molecule has 0 fully saturated rings. The molecule has 1 rings (SSSR count). The van der Waals surface area contributed by atoms with Crippen molar-refractivity contribution in [3.05, 3.63) is 11.3 Å². The van der Waals surface area contributed by atoms with Crippen LogP contribution in [0.2, 0.25) is 0 Å². The molecule has 1 heterocycles. The van der Waals surface area contributed by atoms with Crippen LogP contribution in [-0.4, -0.2) is 24.5 Å². The van der Waals surface area contributed by atoms with E-state index in [-0.39, 0.29) is 5.92 Å². The summed E-state index contributed by atoms with van der Waals surface area (Å²) in [6.45, 7) is 5.79. The number of allylic oxidation sites excluding steroid dienone is 1. The molecular weight excluding hydrogens is 196 g/mol. The second kappa shape index (κ2) is 4.66. The third kappa shape index (κ3) is 2.50. The van der Waals surface area contributed by atoms with Crippen LogP contribution in [0.3, 0.4) is 0 Å². The minimum absolute atomic E-state index is 0.160. The third-order valence-corrected chi connectivity index (χ3v) is 2.56. The van der Waals surface area contributed by atoms with Gasteiger partial charge in [-0.25, -0.2) is 4.79 Å². The van der Waals surface area contributed by atoms with E-state index >= 15 is 0 Å². The van der Waals surface area contributed by atoms with Crippen molar-refractivity contribution in [3.63, 3.8) is 0 Å². The van der Waals surface area contributed by atoms with Crippen molar-refractivity contribution >= 4 is 5.97 Å². The first-order valence-corrected chi connectivity index (χ1v) is 5.10. The van der Waals surface area contributed by atoms with E-state index in [1.165, 1.54) is 7.11 Å². The number of carboxylic acid groups (broad SMARTS) is 1. The number of ether oxygens (including phenoxy) is 2. The van der Waals surface area contributed by atoms with Crippen molar-refractivity contribution in [2.45, 2.75) is 33.5 Å². The van der Waals surface area contributed by atoms with Gasteiger partial charge in [0.05, 0.1) is 11.5 Å². The van der Waals surface area contributed by atoms with Crippen LogP contribution >= 0.6 is 0 Å². The summed E-state index contributed by atoms with van der Waals surface area (Å²) in [5.74, 6) is -0.179. The summed E-state index contributed by atoms with van der Waals surface area (Å²) in [5, 5.41) is 9.09. The average molecular weight is 214 g/mol. The van der Waals surface area contributed by atoms with E-state index in [1.54, 1.807) is 6.92 Å². The van der Waals surface area contributed by atoms with Crippen LogP contribution in [0, 0.1) is 11.8 Å². The highest BCUT2D eigenvalue weighted by atomic mass is 16.7. The molecule has 4 nitrogen and oxygen atoms in total. The maximum Gasteiger partial charge on any atom is 0.335 e. The number of carboxylic acids is 1. The lowest BCUT2D eigenvalue weighted by Gasteiger charge is -2.20. The zero-order chi connectivity index (χ0) is 11.6. The molecule has 1 aliphatic rings. The minimum Gasteiger partial charge on any atom is -0.478 e. The van der Waals surface area contributed by atoms with Gasteiger partial charge in [0, 0.05) is 7.11 Å². The van der Waals surface area contributed by atoms with E-state index in [0.29, 0.717) is 17.3 Å². The van der Waals surface area contributed by atoms with Gasteiger partial charge in [-0.15, -0.1) is 0 Å². The van der Waals surface area contributed by atoms with Crippen molar-refractivity contribution in [1.82, 2.24) is 0 Å². The summed E-state index contributed by atoms with van der Waals surface area (Å²) in [5.41, 5.74) is 0.357. The van der Waals surface area contributed by atoms with Gasteiger partial charge in [-0.3, -0.25) is 0 Å². The average Bonchev–Trinajstić information content (AvgIpc) is 2.41. The van der Waals surface area contributed by atoms with Gasteiger partial charge in [0.15, 0.2) is 0 Å². The SMILES string of the molecule is COC1OC(C)=C(C(=O)O)C1CC(C)C. The molecule has 0 aliphatic carbocycles. The van der Waals surface area contributed by atoms with E-state index < -0.39 is 12.3 Å². The summed E-state index contributed by atoms with van der Waals surface area (Å²) >= 11 is 0. The zero-order valence-corrected chi connectivity index (χ0v) is 9.61. The first-order chi connectivity index (χ1) is 6.97. The number of aliphatic carboxylic acids is 1. The molecular formula is C11H18O4. The largest absolute Gasteiger partial charge is 0.478 e. The Bertz CT molecular complexity index is 280. The van der Waals surface area contributed by atoms with Crippen LogP contribution in [0.25, 0.3) is 0 Å². The van der Waals surface area contributed by atoms with E-state index in [1.807, 2.05) is 0 Å². The van der Waals surface area contributed by atoms with Gasteiger partial charge in [0.2, 0.25) is 6.29 Å². The first-order valence-electron chi connectivity index (χ1n) is 5.10. The molecule has 2 atom stereocenters. The van der Waals surface area contributed by atoms with Gasteiger partial charge in [-0.05, 0) is 19.3 Å². The molecule has 1 N–H and O–H groups in total. The van der Waals surface area contributed by atoms with Crippen LogP contribution in [0.1, 0.15) is 27.2 Å². The van der Waals surface area contributed by atoms with Gasteiger partial charge in [0.1, 0.15) is 5.76 Å². The van der Waals surface area contributed by atoms with E-state index in [4.69, 9.17) is 14.6 Å². The van der Waals surface area contributed by atoms with E-state index in [9.17, 15) is 4.79 Å². The lowest BCUT2D eigenvalue weighted by atomic mass is 9.90. The van der Waals surface area contributed by atoms with Crippen LogP contribution in [-0.2, 0) is 14.3 Å². The van der Waals surface area contributed by atoms with Gasteiger partial charge in [-0.2, -0.15) is 0 Å². The number of hydrogen-bond donors (Lipinski definition) is 1. The van der Waals surface area contributed by atoms with Crippen molar-refractivity contribution in [2.75, 3.05) is 7.11 Å². The fourth-order valence-corrected chi connectivity index (χ4v) is 1.98. The topological polar surface area (TPSA) is 55.8 Å². The fourth-order valence-electron chi connectivity index (χ4n) is 1.98. The molecule has 2 unspecified atom stereocenters. The first kappa shape index (κ1) is 12.0. The Balaban J connectivity index is 2.89. The molecule has 0 aromatic heterocycles. The van der Waals surface area contributed by atoms with Crippen molar-refractivity contribution in [2.24, 2.45) is 11.8 Å². The van der Waals surface area contributed by atoms with Crippen LogP contribution in [0.15, 0.2) is 11.3 Å². The number of rotatable bonds is 4. The molecule has 1 aliphatic heterocycles. The van der Waals surface area contributed by atoms with Gasteiger partial charge in [0.25, 0.3) is 0 Å². The Labute approximate surface area is 89.9 Å². The second-order valence-electron chi connectivity index (χ2n) is 4.23. The maximum absolute atomic E-state index is 11.1. The summed E-state index contributed by atoms with van der Waals surface area (Å²) in [6, 6.07) is 0. The summed E-state index contributed by atoms with van der Waals surface area (Å²) in [6.07, 6.45) is 0.316. The van der Waals surface area contributed by atoms with Crippen molar-refractivity contribution < 1.29 is 19.4 Å². The van der Waals surface area contributed by atoms with Crippen LogP contribution < -0.4 is 0 Å². The fraction of sp³-hybridized carbons (Fsp3) is 0.727. The van der Waals surface area contributed by atoms with Gasteiger partial charge >= 0.3 is 5.97 Å². The standard InChI is InChI=1S/C11H18O4/c1-6(2)5-8-9(10(12)13)7(3)15-11(8)14-4/h6,8,11H,5H2,1-4H3,(H,12,13). The Kier molecular flexibility index (Phi) is 3.74. The lowest BCUT2D eigenvalue weighted by Crippen LogP contribution is -2.24. The van der Waals surface area contributed by atoms with Gasteiger partial charge < -0.3 is 14.6 Å². The zero-order valence-electron chi connectivity index (χ0n) is 9.61. The summed E-state index contributed by atoms with van der Waals surface area (Å²) in [4.78, 5) is 11.1. The number of carbonyl (C=O) groups is 1. The number of hydrogen-bond acceptors (Lipinski definition) is 3. The third-order valence-electron chi connectivity index (χ3n) is 2.56. The normalized spacial score (nSPS) is 25.9. The highest BCUT2D eigenvalue weighted by Gasteiger charge is 2.39. The predicted octanol–water partition coefficient (Wildman–Crippen LogP) is 2.01. The quantitative estimate of drug-likeness (QED) is 0.777. The molecule has 0 radical (unpaired) electrons. The van der Waals surface area contributed by atoms with E-state index in [2.05, 4.69) is 13.8 Å². The smallest absolute Gasteiger partial charge is 0.335 e. The lowest BCUT2D eigenvalue weighted by molar-refractivity contribution is -0.134. The number of methoxy groups -OCH3 is 1. The second-order valence-corrected chi connectivity index (χ2v) is 4.23. The molecule has 0 saturated carbocycles. The molecule has 0 spiro atoms. The Morgan fingerprint density at radius 3 is 2.60 bits per heavy atom. The van der Waals surface area contributed by atoms with Crippen molar-refractivity contribution in [3.8, 4) is 0 Å². The van der Waals surface area contributed by atoms with Crippen LogP contribution in [0.4, 0.5) is 0 Å². The van der Waals surface area contributed by atoms with Crippen LogP contribution in [0.5, 0.6) is 0 Å². The maximum atomic E-state index is 11.1.